The summed E-state index contributed by atoms with van der Waals surface area (Å²) in [6.07, 6.45) is 0. The molecule has 4 heteroatoms. The van der Waals surface area contributed by atoms with Crippen LogP contribution in [0.4, 0.5) is 17.1 Å². The number of benzene rings is 8. The van der Waals surface area contributed by atoms with Gasteiger partial charge in [-0.15, -0.1) is 22.7 Å². The summed E-state index contributed by atoms with van der Waals surface area (Å²) in [6.45, 7) is 0. The highest BCUT2D eigenvalue weighted by atomic mass is 32.1. The van der Waals surface area contributed by atoms with Gasteiger partial charge in [0.1, 0.15) is 0 Å². The first-order valence-electron chi connectivity index (χ1n) is 18.3. The van der Waals surface area contributed by atoms with Crippen molar-refractivity contribution in [1.82, 2.24) is 0 Å². The molecule has 0 saturated heterocycles. The van der Waals surface area contributed by atoms with E-state index >= 15 is 0 Å². The molecule has 252 valence electrons. The first-order valence-corrected chi connectivity index (χ1v) is 19.9. The van der Waals surface area contributed by atoms with Crippen LogP contribution in [0, 0.1) is 0 Å². The fraction of sp³-hybridized carbons (Fsp3) is 0.0200. The van der Waals surface area contributed by atoms with E-state index in [9.17, 15) is 4.79 Å². The maximum atomic E-state index is 14.2. The Morgan fingerprint density at radius 1 is 0.352 bits per heavy atom. The van der Waals surface area contributed by atoms with E-state index in [4.69, 9.17) is 0 Å². The molecule has 2 heterocycles. The van der Waals surface area contributed by atoms with Gasteiger partial charge in [0.25, 0.3) is 0 Å². The zero-order valence-corrected chi connectivity index (χ0v) is 30.5. The largest absolute Gasteiger partial charge is 0.310 e. The molecule has 1 atom stereocenters. The van der Waals surface area contributed by atoms with Gasteiger partial charge < -0.3 is 4.90 Å². The van der Waals surface area contributed by atoms with Gasteiger partial charge in [-0.05, 0) is 117 Å². The highest BCUT2D eigenvalue weighted by Crippen LogP contribution is 2.63. The highest BCUT2D eigenvalue weighted by Gasteiger charge is 2.52. The number of nitrogens with zero attached hydrogens (tertiary/aromatic N) is 1. The molecular formula is C50H29NOS2. The van der Waals surface area contributed by atoms with E-state index in [1.54, 1.807) is 11.3 Å². The predicted molar refractivity (Wildman–Crippen MR) is 229 cm³/mol. The summed E-state index contributed by atoms with van der Waals surface area (Å²) in [5.74, 6) is 0. The molecule has 0 amide bonds. The van der Waals surface area contributed by atoms with E-state index in [-0.39, 0.29) is 5.43 Å². The minimum absolute atomic E-state index is 0.101. The van der Waals surface area contributed by atoms with E-state index in [2.05, 4.69) is 163 Å². The average molecular weight is 724 g/mol. The van der Waals surface area contributed by atoms with Gasteiger partial charge in [-0.25, -0.2) is 0 Å². The Morgan fingerprint density at radius 2 is 0.907 bits per heavy atom. The van der Waals surface area contributed by atoms with Crippen LogP contribution in [0.15, 0.2) is 181 Å². The van der Waals surface area contributed by atoms with Crippen molar-refractivity contribution in [3.63, 3.8) is 0 Å². The minimum atomic E-state index is -0.556. The molecule has 0 N–H and O–H groups in total. The SMILES string of the molecule is O=c1c2ccccc2sc2cc3c(cc12)C1(c2ccccc2-c2cc(N(c4ccccc4)c4ccc5sc6ccccc6c5c4)ccc21)c1ccccc1-3. The lowest BCUT2D eigenvalue weighted by molar-refractivity contribution is 0.795. The molecular weight excluding hydrogens is 695 g/mol. The lowest BCUT2D eigenvalue weighted by Gasteiger charge is -2.31. The van der Waals surface area contributed by atoms with Gasteiger partial charge >= 0.3 is 0 Å². The normalized spacial score (nSPS) is 15.2. The summed E-state index contributed by atoms with van der Waals surface area (Å²) >= 11 is 3.55. The Morgan fingerprint density at radius 3 is 1.69 bits per heavy atom. The van der Waals surface area contributed by atoms with Crippen LogP contribution >= 0.6 is 22.7 Å². The molecule has 0 radical (unpaired) electrons. The van der Waals surface area contributed by atoms with Gasteiger partial charge in [0, 0.05) is 57.4 Å². The zero-order chi connectivity index (χ0) is 35.5. The van der Waals surface area contributed by atoms with Crippen LogP contribution < -0.4 is 10.3 Å². The summed E-state index contributed by atoms with van der Waals surface area (Å²) in [5, 5.41) is 4.14. The molecule has 2 aliphatic rings. The van der Waals surface area contributed by atoms with Crippen LogP contribution in [0.1, 0.15) is 22.3 Å². The summed E-state index contributed by atoms with van der Waals surface area (Å²) < 4.78 is 4.64. The molecule has 0 saturated carbocycles. The molecule has 0 aliphatic heterocycles. The number of para-hydroxylation sites is 1. The Balaban J connectivity index is 1.13. The third kappa shape index (κ3) is 3.96. The van der Waals surface area contributed by atoms with E-state index < -0.39 is 5.41 Å². The third-order valence-corrected chi connectivity index (χ3v) is 13.9. The van der Waals surface area contributed by atoms with Crippen molar-refractivity contribution >= 4 is 80.1 Å². The van der Waals surface area contributed by atoms with E-state index in [1.807, 2.05) is 29.5 Å². The Kier molecular flexibility index (Phi) is 6.20. The third-order valence-electron chi connectivity index (χ3n) is 11.7. The number of thiophene rings is 1. The highest BCUT2D eigenvalue weighted by molar-refractivity contribution is 7.26. The molecule has 2 nitrogen and oxygen atoms in total. The lowest BCUT2D eigenvalue weighted by atomic mass is 9.70. The number of rotatable bonds is 3. The number of hydrogen-bond acceptors (Lipinski definition) is 4. The van der Waals surface area contributed by atoms with Gasteiger partial charge in [0.05, 0.1) is 5.41 Å². The topological polar surface area (TPSA) is 20.3 Å². The molecule has 2 aromatic heterocycles. The maximum Gasteiger partial charge on any atom is 0.195 e. The molecule has 1 unspecified atom stereocenters. The molecule has 0 fully saturated rings. The van der Waals surface area contributed by atoms with Gasteiger partial charge in [-0.3, -0.25) is 4.79 Å². The summed E-state index contributed by atoms with van der Waals surface area (Å²) in [6, 6.07) is 63.6. The second-order valence-electron chi connectivity index (χ2n) is 14.3. The Bertz CT molecular complexity index is 3270. The second kappa shape index (κ2) is 11.1. The fourth-order valence-electron chi connectivity index (χ4n) is 9.44. The van der Waals surface area contributed by atoms with Gasteiger partial charge in [-0.1, -0.05) is 103 Å². The van der Waals surface area contributed by atoms with E-state index in [0.29, 0.717) is 0 Å². The first-order chi connectivity index (χ1) is 26.7. The Hall–Kier alpha value is -6.33. The lowest BCUT2D eigenvalue weighted by Crippen LogP contribution is -2.26. The monoisotopic (exact) mass is 723 g/mol. The molecule has 8 aromatic carbocycles. The predicted octanol–water partition coefficient (Wildman–Crippen LogP) is 13.6. The minimum Gasteiger partial charge on any atom is -0.310 e. The number of hydrogen-bond donors (Lipinski definition) is 0. The average Bonchev–Trinajstić information content (AvgIpc) is 3.84. The van der Waals surface area contributed by atoms with Crippen molar-refractivity contribution in [2.75, 3.05) is 4.90 Å². The van der Waals surface area contributed by atoms with Crippen LogP contribution in [-0.4, -0.2) is 0 Å². The number of fused-ring (bicyclic) bond motifs is 15. The van der Waals surface area contributed by atoms with Crippen molar-refractivity contribution in [2.45, 2.75) is 5.41 Å². The van der Waals surface area contributed by atoms with Gasteiger partial charge in [0.2, 0.25) is 0 Å². The van der Waals surface area contributed by atoms with Crippen LogP contribution in [0.5, 0.6) is 0 Å². The number of anilines is 3. The van der Waals surface area contributed by atoms with Crippen molar-refractivity contribution in [3.05, 3.63) is 208 Å². The summed E-state index contributed by atoms with van der Waals surface area (Å²) in [7, 11) is 0. The van der Waals surface area contributed by atoms with Crippen molar-refractivity contribution in [3.8, 4) is 22.3 Å². The zero-order valence-electron chi connectivity index (χ0n) is 28.9. The second-order valence-corrected chi connectivity index (χ2v) is 16.5. The quantitative estimate of drug-likeness (QED) is 0.169. The molecule has 10 aromatic rings. The summed E-state index contributed by atoms with van der Waals surface area (Å²) in [4.78, 5) is 16.6. The van der Waals surface area contributed by atoms with E-state index in [1.165, 1.54) is 64.7 Å². The van der Waals surface area contributed by atoms with Crippen molar-refractivity contribution < 1.29 is 0 Å². The first kappa shape index (κ1) is 30.2. The standard InChI is InChI=1S/C50H29NOS2/c52-49-36-17-7-11-21-46(36)54-48-29-38-34-15-5-9-19-42(34)50(44(38)28-40(48)49)41-18-8-4-14-33(41)37-26-31(22-24-43(37)50)51(30-12-2-1-3-13-30)32-23-25-47-39(27-32)35-16-6-10-20-45(35)53-47/h1-29H. The van der Waals surface area contributed by atoms with Crippen LogP contribution in [0.2, 0.25) is 0 Å². The Labute approximate surface area is 319 Å². The van der Waals surface area contributed by atoms with Crippen molar-refractivity contribution in [1.29, 1.82) is 0 Å². The van der Waals surface area contributed by atoms with Crippen LogP contribution in [0.25, 0.3) is 62.6 Å². The maximum absolute atomic E-state index is 14.2. The molecule has 2 aliphatic carbocycles. The smallest absolute Gasteiger partial charge is 0.195 e. The van der Waals surface area contributed by atoms with Crippen molar-refractivity contribution in [2.24, 2.45) is 0 Å². The molecule has 1 spiro atoms. The van der Waals surface area contributed by atoms with E-state index in [0.717, 1.165) is 37.2 Å². The summed E-state index contributed by atoms with van der Waals surface area (Å²) in [5.41, 5.74) is 12.7. The van der Waals surface area contributed by atoms with Crippen LogP contribution in [-0.2, 0) is 5.41 Å². The molecule has 12 rings (SSSR count). The van der Waals surface area contributed by atoms with Gasteiger partial charge in [-0.2, -0.15) is 0 Å². The van der Waals surface area contributed by atoms with Crippen LogP contribution in [0.3, 0.4) is 0 Å². The molecule has 0 bridgehead atoms. The fourth-order valence-corrected chi connectivity index (χ4v) is 11.6. The molecule has 54 heavy (non-hydrogen) atoms. The van der Waals surface area contributed by atoms with Gasteiger partial charge in [0.15, 0.2) is 5.43 Å².